The summed E-state index contributed by atoms with van der Waals surface area (Å²) in [6.45, 7) is 4.30. The van der Waals surface area contributed by atoms with Gasteiger partial charge in [-0.05, 0) is 18.4 Å². The summed E-state index contributed by atoms with van der Waals surface area (Å²) in [6.07, 6.45) is -0.234. The van der Waals surface area contributed by atoms with Gasteiger partial charge in [0.05, 0.1) is 16.8 Å². The first-order valence-electron chi connectivity index (χ1n) is 6.11. The van der Waals surface area contributed by atoms with Gasteiger partial charge in [0.2, 0.25) is 0 Å². The van der Waals surface area contributed by atoms with Crippen LogP contribution in [-0.2, 0) is 4.74 Å². The second-order valence-corrected chi connectivity index (χ2v) is 5.20. The van der Waals surface area contributed by atoms with Crippen molar-refractivity contribution in [2.45, 2.75) is 6.92 Å². The number of nitrogens with one attached hydrogen (secondary N) is 1. The highest BCUT2D eigenvalue weighted by atomic mass is 32.1. The third-order valence-electron chi connectivity index (χ3n) is 2.93. The molecule has 19 heavy (non-hydrogen) atoms. The smallest absolute Gasteiger partial charge is 0.409 e. The lowest BCUT2D eigenvalue weighted by Crippen LogP contribution is -2.29. The lowest BCUT2D eigenvalue weighted by Gasteiger charge is -2.13. The molecule has 3 rings (SSSR count). The number of carbonyl (C=O) groups excluding carboxylic acids is 1. The number of thiophene rings is 1. The number of ether oxygens (including phenoxy) is 1. The Kier molecular flexibility index (Phi) is 3.20. The van der Waals surface area contributed by atoms with E-state index in [9.17, 15) is 4.79 Å². The molecule has 0 saturated carbocycles. The van der Waals surface area contributed by atoms with Gasteiger partial charge in [-0.25, -0.2) is 14.8 Å². The van der Waals surface area contributed by atoms with Crippen molar-refractivity contribution in [2.24, 2.45) is 0 Å². The predicted molar refractivity (Wildman–Crippen MR) is 73.6 cm³/mol. The number of nitrogens with zero attached hydrogens (tertiary/aromatic N) is 3. The molecule has 1 N–H and O–H groups in total. The number of aromatic nitrogens is 2. The van der Waals surface area contributed by atoms with E-state index in [0.717, 1.165) is 21.9 Å². The Morgan fingerprint density at radius 2 is 2.42 bits per heavy atom. The molecule has 7 heteroatoms. The van der Waals surface area contributed by atoms with Crippen molar-refractivity contribution in [3.05, 3.63) is 17.3 Å². The minimum Gasteiger partial charge on any atom is -0.448 e. The molecule has 2 aromatic rings. The zero-order valence-corrected chi connectivity index (χ0v) is 11.4. The lowest BCUT2D eigenvalue weighted by atomic mass is 10.4. The maximum Gasteiger partial charge on any atom is 0.409 e. The van der Waals surface area contributed by atoms with Gasteiger partial charge in [-0.1, -0.05) is 0 Å². The predicted octanol–water partition coefficient (Wildman–Crippen LogP) is 1.86. The Labute approximate surface area is 114 Å². The van der Waals surface area contributed by atoms with E-state index >= 15 is 0 Å². The van der Waals surface area contributed by atoms with Gasteiger partial charge in [-0.2, -0.15) is 0 Å². The summed E-state index contributed by atoms with van der Waals surface area (Å²) >= 11 is 1.61. The van der Waals surface area contributed by atoms with Gasteiger partial charge < -0.3 is 15.0 Å². The highest BCUT2D eigenvalue weighted by Crippen LogP contribution is 2.25. The van der Waals surface area contributed by atoms with E-state index < -0.39 is 0 Å². The highest BCUT2D eigenvalue weighted by molar-refractivity contribution is 7.17. The average Bonchev–Trinajstić information content (AvgIpc) is 2.98. The summed E-state index contributed by atoms with van der Waals surface area (Å²) in [6, 6.07) is 1.98. The second kappa shape index (κ2) is 5.00. The van der Waals surface area contributed by atoms with Crippen LogP contribution in [0.4, 0.5) is 10.6 Å². The summed E-state index contributed by atoms with van der Waals surface area (Å²) in [7, 11) is 0. The molecule has 1 fully saturated rings. The molecule has 0 aliphatic carbocycles. The van der Waals surface area contributed by atoms with Crippen molar-refractivity contribution >= 4 is 33.5 Å². The van der Waals surface area contributed by atoms with Crippen LogP contribution in [0.2, 0.25) is 0 Å². The number of aryl methyl sites for hydroxylation is 1. The number of carbonyl (C=O) groups is 1. The van der Waals surface area contributed by atoms with Gasteiger partial charge in [0.1, 0.15) is 18.2 Å². The molecule has 0 aromatic carbocycles. The molecule has 1 saturated heterocycles. The molecule has 1 aliphatic heterocycles. The minimum atomic E-state index is -0.234. The molecule has 0 radical (unpaired) electrons. The van der Waals surface area contributed by atoms with Crippen LogP contribution in [0.15, 0.2) is 11.4 Å². The number of cyclic esters (lactones) is 1. The van der Waals surface area contributed by atoms with E-state index in [2.05, 4.69) is 15.3 Å². The molecule has 0 spiro atoms. The van der Waals surface area contributed by atoms with Crippen LogP contribution >= 0.6 is 11.3 Å². The monoisotopic (exact) mass is 278 g/mol. The van der Waals surface area contributed by atoms with Crippen LogP contribution in [-0.4, -0.2) is 47.2 Å². The first-order chi connectivity index (χ1) is 9.24. The van der Waals surface area contributed by atoms with E-state index in [1.165, 1.54) is 0 Å². The number of fused-ring (bicyclic) bond motifs is 1. The number of anilines is 1. The summed E-state index contributed by atoms with van der Waals surface area (Å²) in [5, 5.41) is 5.27. The Morgan fingerprint density at radius 1 is 1.53 bits per heavy atom. The van der Waals surface area contributed by atoms with E-state index in [-0.39, 0.29) is 6.09 Å². The SMILES string of the molecule is Cc1nc(NCCN2CCOC2=O)c2sccc2n1. The van der Waals surface area contributed by atoms with E-state index in [0.29, 0.717) is 26.2 Å². The van der Waals surface area contributed by atoms with Gasteiger partial charge in [0, 0.05) is 13.1 Å². The summed E-state index contributed by atoms with van der Waals surface area (Å²) in [4.78, 5) is 21.8. The zero-order chi connectivity index (χ0) is 13.2. The number of hydrogen-bond acceptors (Lipinski definition) is 6. The van der Waals surface area contributed by atoms with Crippen LogP contribution in [0.1, 0.15) is 5.82 Å². The average molecular weight is 278 g/mol. The number of hydrogen-bond donors (Lipinski definition) is 1. The van der Waals surface area contributed by atoms with Gasteiger partial charge in [0.25, 0.3) is 0 Å². The van der Waals surface area contributed by atoms with Crippen molar-refractivity contribution < 1.29 is 9.53 Å². The molecule has 0 unspecified atom stereocenters. The van der Waals surface area contributed by atoms with Crippen LogP contribution in [0, 0.1) is 6.92 Å². The second-order valence-electron chi connectivity index (χ2n) is 4.28. The largest absolute Gasteiger partial charge is 0.448 e. The van der Waals surface area contributed by atoms with Crippen molar-refractivity contribution in [1.29, 1.82) is 0 Å². The van der Waals surface area contributed by atoms with Crippen LogP contribution in [0.3, 0.4) is 0 Å². The van der Waals surface area contributed by atoms with E-state index in [1.54, 1.807) is 16.2 Å². The Hall–Kier alpha value is -1.89. The van der Waals surface area contributed by atoms with Gasteiger partial charge in [-0.15, -0.1) is 11.3 Å². The molecule has 1 aliphatic rings. The van der Waals surface area contributed by atoms with Crippen molar-refractivity contribution in [3.63, 3.8) is 0 Å². The standard InChI is InChI=1S/C12H14N4O2S/c1-8-14-9-2-7-19-10(9)11(15-8)13-3-4-16-5-6-18-12(16)17/h2,7H,3-6H2,1H3,(H,13,14,15). The Bertz CT molecular complexity index is 613. The van der Waals surface area contributed by atoms with Gasteiger partial charge in [0.15, 0.2) is 0 Å². The highest BCUT2D eigenvalue weighted by Gasteiger charge is 2.21. The van der Waals surface area contributed by atoms with E-state index in [4.69, 9.17) is 4.74 Å². The number of rotatable bonds is 4. The Balaban J connectivity index is 1.68. The zero-order valence-electron chi connectivity index (χ0n) is 10.5. The molecule has 0 bridgehead atoms. The van der Waals surface area contributed by atoms with Gasteiger partial charge >= 0.3 is 6.09 Å². The van der Waals surface area contributed by atoms with E-state index in [1.807, 2.05) is 18.4 Å². The van der Waals surface area contributed by atoms with Crippen LogP contribution < -0.4 is 5.32 Å². The fourth-order valence-electron chi connectivity index (χ4n) is 2.04. The fraction of sp³-hybridized carbons (Fsp3) is 0.417. The maximum atomic E-state index is 11.3. The van der Waals surface area contributed by atoms with Crippen molar-refractivity contribution in [1.82, 2.24) is 14.9 Å². The normalized spacial score (nSPS) is 15.0. The summed E-state index contributed by atoms with van der Waals surface area (Å²) < 4.78 is 5.93. The molecule has 2 aromatic heterocycles. The first-order valence-corrected chi connectivity index (χ1v) is 6.99. The van der Waals surface area contributed by atoms with Crippen LogP contribution in [0.5, 0.6) is 0 Å². The molecule has 1 amide bonds. The minimum absolute atomic E-state index is 0.234. The molecular weight excluding hydrogens is 264 g/mol. The lowest BCUT2D eigenvalue weighted by molar-refractivity contribution is 0.159. The molecule has 3 heterocycles. The Morgan fingerprint density at radius 3 is 3.21 bits per heavy atom. The maximum absolute atomic E-state index is 11.3. The quantitative estimate of drug-likeness (QED) is 0.924. The molecule has 100 valence electrons. The van der Waals surface area contributed by atoms with Crippen molar-refractivity contribution in [3.8, 4) is 0 Å². The van der Waals surface area contributed by atoms with Crippen molar-refractivity contribution in [2.75, 3.05) is 31.6 Å². The van der Waals surface area contributed by atoms with Gasteiger partial charge in [-0.3, -0.25) is 0 Å². The molecular formula is C12H14N4O2S. The first kappa shape index (κ1) is 12.2. The molecule has 0 atom stereocenters. The topological polar surface area (TPSA) is 67.3 Å². The third-order valence-corrected chi connectivity index (χ3v) is 3.84. The summed E-state index contributed by atoms with van der Waals surface area (Å²) in [5.74, 6) is 1.58. The number of amides is 1. The fourth-order valence-corrected chi connectivity index (χ4v) is 2.83. The summed E-state index contributed by atoms with van der Waals surface area (Å²) in [5.41, 5.74) is 0.959. The van der Waals surface area contributed by atoms with Crippen LogP contribution in [0.25, 0.3) is 10.2 Å². The third kappa shape index (κ3) is 2.46. The molecule has 6 nitrogen and oxygen atoms in total.